The third-order valence-corrected chi connectivity index (χ3v) is 4.71. The van der Waals surface area contributed by atoms with Crippen molar-refractivity contribution in [3.05, 3.63) is 58.6 Å². The van der Waals surface area contributed by atoms with Crippen molar-refractivity contribution in [2.24, 2.45) is 0 Å². The molecule has 0 saturated heterocycles. The van der Waals surface area contributed by atoms with Gasteiger partial charge in [-0.1, -0.05) is 23.5 Å². The first-order chi connectivity index (χ1) is 12.5. The topological polar surface area (TPSA) is 77.1 Å². The van der Waals surface area contributed by atoms with Crippen molar-refractivity contribution in [3.8, 4) is 0 Å². The number of para-hydroxylation sites is 2. The Kier molecular flexibility index (Phi) is 4.00. The molecular formula is C17H11F2N3O3S. The first-order valence-corrected chi connectivity index (χ1v) is 8.47. The maximum Gasteiger partial charge on any atom is 0.419 e. The molecule has 0 radical (unpaired) electrons. The number of aryl methyl sites for hydroxylation is 1. The third-order valence-electron chi connectivity index (χ3n) is 3.80. The zero-order valence-corrected chi connectivity index (χ0v) is 14.0. The number of fused-ring (bicyclic) bond motifs is 2. The predicted molar refractivity (Wildman–Crippen MR) is 93.3 cm³/mol. The van der Waals surface area contributed by atoms with Gasteiger partial charge >= 0.3 is 5.76 Å². The fourth-order valence-corrected chi connectivity index (χ4v) is 3.55. The van der Waals surface area contributed by atoms with Gasteiger partial charge in [0.1, 0.15) is 11.3 Å². The van der Waals surface area contributed by atoms with E-state index in [9.17, 15) is 18.4 Å². The van der Waals surface area contributed by atoms with E-state index in [4.69, 9.17) is 4.42 Å². The molecule has 4 aromatic rings. The highest BCUT2D eigenvalue weighted by Crippen LogP contribution is 2.28. The third kappa shape index (κ3) is 2.97. The lowest BCUT2D eigenvalue weighted by Crippen LogP contribution is -2.19. The van der Waals surface area contributed by atoms with Crippen LogP contribution in [0.2, 0.25) is 0 Å². The summed E-state index contributed by atoms with van der Waals surface area (Å²) in [5, 5.41) is 2.71. The number of thiazole rings is 1. The largest absolute Gasteiger partial charge is 0.419 e. The molecule has 0 atom stereocenters. The number of hydrogen-bond acceptors (Lipinski definition) is 5. The maximum atomic E-state index is 13.7. The van der Waals surface area contributed by atoms with Gasteiger partial charge in [-0.05, 0) is 18.2 Å². The van der Waals surface area contributed by atoms with Gasteiger partial charge in [0.15, 0.2) is 16.5 Å². The van der Waals surface area contributed by atoms with E-state index < -0.39 is 23.3 Å². The number of nitrogens with zero attached hydrogens (tertiary/aromatic N) is 2. The summed E-state index contributed by atoms with van der Waals surface area (Å²) >= 11 is 0.973. The fraction of sp³-hybridized carbons (Fsp3) is 0.118. The van der Waals surface area contributed by atoms with Gasteiger partial charge in [-0.15, -0.1) is 0 Å². The average molecular weight is 375 g/mol. The molecule has 6 nitrogen and oxygen atoms in total. The second-order valence-electron chi connectivity index (χ2n) is 5.54. The van der Waals surface area contributed by atoms with Gasteiger partial charge in [0.05, 0.1) is 10.2 Å². The Morgan fingerprint density at radius 2 is 2.08 bits per heavy atom. The average Bonchev–Trinajstić information content (AvgIpc) is 3.13. The summed E-state index contributed by atoms with van der Waals surface area (Å²) in [6.07, 6.45) is -0.00377. The molecule has 0 unspecified atom stereocenters. The van der Waals surface area contributed by atoms with Crippen LogP contribution in [0, 0.1) is 11.6 Å². The zero-order chi connectivity index (χ0) is 18.3. The molecular weight excluding hydrogens is 364 g/mol. The molecule has 4 rings (SSSR count). The van der Waals surface area contributed by atoms with E-state index in [-0.39, 0.29) is 23.6 Å². The molecule has 2 heterocycles. The summed E-state index contributed by atoms with van der Waals surface area (Å²) in [7, 11) is 0. The highest BCUT2D eigenvalue weighted by atomic mass is 32.1. The molecule has 0 fully saturated rings. The Hall–Kier alpha value is -3.07. The number of carbonyl (C=O) groups is 1. The van der Waals surface area contributed by atoms with Gasteiger partial charge in [-0.25, -0.2) is 18.6 Å². The number of oxazole rings is 1. The molecule has 132 valence electrons. The van der Waals surface area contributed by atoms with Crippen LogP contribution in [0.5, 0.6) is 0 Å². The summed E-state index contributed by atoms with van der Waals surface area (Å²) in [5.41, 5.74) is 1.05. The second-order valence-corrected chi connectivity index (χ2v) is 6.57. The summed E-state index contributed by atoms with van der Waals surface area (Å²) in [6.45, 7) is 0.121. The number of carbonyl (C=O) groups excluding carboxylic acids is 1. The van der Waals surface area contributed by atoms with Gasteiger partial charge in [0, 0.05) is 19.0 Å². The van der Waals surface area contributed by atoms with E-state index in [1.807, 2.05) is 0 Å². The van der Waals surface area contributed by atoms with Crippen molar-refractivity contribution < 1.29 is 18.0 Å². The SMILES string of the molecule is O=C(CCn1c(=O)oc2ccccc21)Nc1nc2c(F)cc(F)cc2s1. The van der Waals surface area contributed by atoms with Crippen LogP contribution < -0.4 is 11.1 Å². The van der Waals surface area contributed by atoms with Crippen LogP contribution in [0.15, 0.2) is 45.6 Å². The molecule has 0 bridgehead atoms. The molecule has 2 aromatic heterocycles. The molecule has 0 spiro atoms. The lowest BCUT2D eigenvalue weighted by Gasteiger charge is -2.02. The van der Waals surface area contributed by atoms with E-state index >= 15 is 0 Å². The first kappa shape index (κ1) is 16.4. The number of rotatable bonds is 4. The molecule has 0 aliphatic carbocycles. The molecule has 1 N–H and O–H groups in total. The second kappa shape index (κ2) is 6.34. The lowest BCUT2D eigenvalue weighted by molar-refractivity contribution is -0.116. The summed E-state index contributed by atoms with van der Waals surface area (Å²) in [5.74, 6) is -2.44. The van der Waals surface area contributed by atoms with Crippen LogP contribution in [0.4, 0.5) is 13.9 Å². The molecule has 1 amide bonds. The van der Waals surface area contributed by atoms with Crippen molar-refractivity contribution in [1.29, 1.82) is 0 Å². The molecule has 9 heteroatoms. The Balaban J connectivity index is 1.50. The molecule has 2 aromatic carbocycles. The fourth-order valence-electron chi connectivity index (χ4n) is 2.63. The lowest BCUT2D eigenvalue weighted by atomic mass is 10.3. The van der Waals surface area contributed by atoms with Crippen molar-refractivity contribution in [3.63, 3.8) is 0 Å². The molecule has 0 aliphatic heterocycles. The normalized spacial score (nSPS) is 11.3. The Labute approximate surface area is 148 Å². The number of benzene rings is 2. The van der Waals surface area contributed by atoms with Gasteiger partial charge in [0.25, 0.3) is 0 Å². The van der Waals surface area contributed by atoms with Crippen LogP contribution in [0.1, 0.15) is 6.42 Å². The van der Waals surface area contributed by atoms with Crippen molar-refractivity contribution in [2.75, 3.05) is 5.32 Å². The molecule has 0 aliphatic rings. The van der Waals surface area contributed by atoms with E-state index in [1.165, 1.54) is 4.57 Å². The smallest absolute Gasteiger partial charge is 0.408 e. The maximum absolute atomic E-state index is 13.7. The first-order valence-electron chi connectivity index (χ1n) is 7.65. The van der Waals surface area contributed by atoms with Crippen LogP contribution >= 0.6 is 11.3 Å². The quantitative estimate of drug-likeness (QED) is 0.592. The van der Waals surface area contributed by atoms with Crippen molar-refractivity contribution in [2.45, 2.75) is 13.0 Å². The minimum atomic E-state index is -0.784. The number of nitrogens with one attached hydrogen (secondary N) is 1. The Morgan fingerprint density at radius 1 is 1.27 bits per heavy atom. The monoisotopic (exact) mass is 375 g/mol. The van der Waals surface area contributed by atoms with Crippen LogP contribution in [0.25, 0.3) is 21.3 Å². The Morgan fingerprint density at radius 3 is 2.92 bits per heavy atom. The van der Waals surface area contributed by atoms with E-state index in [0.29, 0.717) is 15.8 Å². The number of amides is 1. The van der Waals surface area contributed by atoms with Crippen molar-refractivity contribution in [1.82, 2.24) is 9.55 Å². The minimum Gasteiger partial charge on any atom is -0.408 e. The number of anilines is 1. The summed E-state index contributed by atoms with van der Waals surface area (Å²) in [4.78, 5) is 28.0. The molecule has 26 heavy (non-hydrogen) atoms. The van der Waals surface area contributed by atoms with E-state index in [2.05, 4.69) is 10.3 Å². The van der Waals surface area contributed by atoms with Gasteiger partial charge in [0.2, 0.25) is 5.91 Å². The standard InChI is InChI=1S/C17H11F2N3O3S/c18-9-7-10(19)15-13(8-9)26-16(21-15)20-14(23)5-6-22-11-3-1-2-4-12(11)25-17(22)24/h1-4,7-8H,5-6H2,(H,20,21,23). The summed E-state index contributed by atoms with van der Waals surface area (Å²) < 4.78 is 33.7. The minimum absolute atomic E-state index is 0.00347. The predicted octanol–water partition coefficient (Wildman–Crippen LogP) is 3.51. The Bertz CT molecular complexity index is 1200. The van der Waals surface area contributed by atoms with Gasteiger partial charge < -0.3 is 9.73 Å². The highest BCUT2D eigenvalue weighted by Gasteiger charge is 2.14. The van der Waals surface area contributed by atoms with Crippen LogP contribution in [0.3, 0.4) is 0 Å². The van der Waals surface area contributed by atoms with E-state index in [0.717, 1.165) is 23.5 Å². The number of hydrogen-bond donors (Lipinski definition) is 1. The number of aromatic nitrogens is 2. The summed E-state index contributed by atoms with van der Waals surface area (Å²) in [6, 6.07) is 8.80. The van der Waals surface area contributed by atoms with Gasteiger partial charge in [-0.3, -0.25) is 9.36 Å². The zero-order valence-electron chi connectivity index (χ0n) is 13.2. The number of halogens is 2. The van der Waals surface area contributed by atoms with E-state index in [1.54, 1.807) is 24.3 Å². The van der Waals surface area contributed by atoms with Crippen LogP contribution in [-0.4, -0.2) is 15.5 Å². The van der Waals surface area contributed by atoms with Gasteiger partial charge in [-0.2, -0.15) is 0 Å². The van der Waals surface area contributed by atoms with Crippen LogP contribution in [-0.2, 0) is 11.3 Å². The molecule has 0 saturated carbocycles. The van der Waals surface area contributed by atoms with Crippen molar-refractivity contribution >= 4 is 43.7 Å². The highest BCUT2D eigenvalue weighted by molar-refractivity contribution is 7.22.